The van der Waals surface area contributed by atoms with Gasteiger partial charge in [-0.25, -0.2) is 4.39 Å². The first-order valence-electron chi connectivity index (χ1n) is 4.77. The van der Waals surface area contributed by atoms with E-state index in [-0.39, 0.29) is 12.4 Å². The fraction of sp³-hybridized carbons (Fsp3) is 0.273. The number of rotatable bonds is 4. The maximum Gasteiger partial charge on any atom is 0.325 e. The molecule has 0 bridgehead atoms. The summed E-state index contributed by atoms with van der Waals surface area (Å²) in [6.07, 6.45) is 0. The number of alkyl halides is 1. The molecule has 0 N–H and O–H groups in total. The number of esters is 1. The number of hydrogen-bond donors (Lipinski definition) is 0. The van der Waals surface area contributed by atoms with Gasteiger partial charge in [0.15, 0.2) is 0 Å². The molecule has 1 aromatic rings. The molecule has 0 aliphatic heterocycles. The molecule has 17 heavy (non-hydrogen) atoms. The highest BCUT2D eigenvalue weighted by Crippen LogP contribution is 2.15. The van der Waals surface area contributed by atoms with E-state index in [1.54, 1.807) is 0 Å². The summed E-state index contributed by atoms with van der Waals surface area (Å²) < 4.78 is 17.2. The Morgan fingerprint density at radius 1 is 1.35 bits per heavy atom. The number of ether oxygens (including phenoxy) is 1. The normalized spacial score (nSPS) is 9.82. The van der Waals surface area contributed by atoms with Crippen molar-refractivity contribution in [2.24, 2.45) is 0 Å². The zero-order chi connectivity index (χ0) is 12.8. The number of carbonyl (C=O) groups is 2. The van der Waals surface area contributed by atoms with Gasteiger partial charge in [0.2, 0.25) is 5.91 Å². The Hall–Kier alpha value is -1.62. The molecule has 0 unspecified atom stereocenters. The first-order valence-corrected chi connectivity index (χ1v) is 5.30. The van der Waals surface area contributed by atoms with Crippen LogP contribution >= 0.6 is 11.6 Å². The molecule has 1 amide bonds. The maximum absolute atomic E-state index is 12.7. The lowest BCUT2D eigenvalue weighted by Gasteiger charge is -2.20. The van der Waals surface area contributed by atoms with Crippen LogP contribution in [0.1, 0.15) is 0 Å². The van der Waals surface area contributed by atoms with Crippen molar-refractivity contribution in [3.05, 3.63) is 30.1 Å². The lowest BCUT2D eigenvalue weighted by molar-refractivity contribution is -0.139. The van der Waals surface area contributed by atoms with Gasteiger partial charge in [0.25, 0.3) is 0 Å². The van der Waals surface area contributed by atoms with Crippen molar-refractivity contribution < 1.29 is 18.7 Å². The Kier molecular flexibility index (Phi) is 4.90. The number of hydrogen-bond acceptors (Lipinski definition) is 3. The number of carbonyl (C=O) groups excluding carboxylic acids is 2. The van der Waals surface area contributed by atoms with E-state index in [4.69, 9.17) is 11.6 Å². The molecule has 0 aliphatic carbocycles. The number of amides is 1. The average Bonchev–Trinajstić information content (AvgIpc) is 2.36. The largest absolute Gasteiger partial charge is 0.468 e. The molecule has 4 nitrogen and oxygen atoms in total. The van der Waals surface area contributed by atoms with Crippen LogP contribution in [0.3, 0.4) is 0 Å². The minimum Gasteiger partial charge on any atom is -0.468 e. The van der Waals surface area contributed by atoms with E-state index in [2.05, 4.69) is 4.74 Å². The molecule has 0 saturated heterocycles. The molecule has 0 aliphatic rings. The highest BCUT2D eigenvalue weighted by Gasteiger charge is 2.18. The molecule has 0 atom stereocenters. The van der Waals surface area contributed by atoms with E-state index in [0.29, 0.717) is 5.69 Å². The van der Waals surface area contributed by atoms with Crippen LogP contribution in [0.2, 0.25) is 0 Å². The lowest BCUT2D eigenvalue weighted by atomic mass is 10.2. The van der Waals surface area contributed by atoms with Crippen molar-refractivity contribution in [1.29, 1.82) is 0 Å². The minimum absolute atomic E-state index is 0.256. The number of anilines is 1. The monoisotopic (exact) mass is 259 g/mol. The summed E-state index contributed by atoms with van der Waals surface area (Å²) in [4.78, 5) is 23.8. The van der Waals surface area contributed by atoms with Gasteiger partial charge in [-0.1, -0.05) is 0 Å². The molecular formula is C11H11ClFNO3. The third-order valence-corrected chi connectivity index (χ3v) is 2.30. The predicted molar refractivity (Wildman–Crippen MR) is 61.5 cm³/mol. The van der Waals surface area contributed by atoms with Gasteiger partial charge < -0.3 is 9.64 Å². The number of methoxy groups -OCH3 is 1. The van der Waals surface area contributed by atoms with Gasteiger partial charge in [-0.05, 0) is 24.3 Å². The second-order valence-corrected chi connectivity index (χ2v) is 3.43. The standard InChI is InChI=1S/C11H11ClFNO3/c1-17-11(16)7-14(10(15)6-12)9-4-2-8(13)3-5-9/h2-5H,6-7H2,1H3. The average molecular weight is 260 g/mol. The summed E-state index contributed by atoms with van der Waals surface area (Å²) in [6.45, 7) is -0.256. The van der Waals surface area contributed by atoms with Crippen LogP contribution < -0.4 is 4.90 Å². The van der Waals surface area contributed by atoms with E-state index in [1.165, 1.54) is 31.4 Å². The highest BCUT2D eigenvalue weighted by atomic mass is 35.5. The second-order valence-electron chi connectivity index (χ2n) is 3.17. The van der Waals surface area contributed by atoms with E-state index in [0.717, 1.165) is 4.90 Å². The molecule has 1 rings (SSSR count). The molecular weight excluding hydrogens is 249 g/mol. The third-order valence-electron chi connectivity index (χ3n) is 2.07. The summed E-state index contributed by atoms with van der Waals surface area (Å²) >= 11 is 5.44. The van der Waals surface area contributed by atoms with E-state index in [1.807, 2.05) is 0 Å². The topological polar surface area (TPSA) is 46.6 Å². The smallest absolute Gasteiger partial charge is 0.325 e. The van der Waals surface area contributed by atoms with Crippen molar-refractivity contribution in [3.8, 4) is 0 Å². The summed E-state index contributed by atoms with van der Waals surface area (Å²) in [5.74, 6) is -1.73. The number of nitrogens with zero attached hydrogens (tertiary/aromatic N) is 1. The first kappa shape index (κ1) is 13.4. The molecule has 0 saturated carbocycles. The third kappa shape index (κ3) is 3.71. The van der Waals surface area contributed by atoms with E-state index >= 15 is 0 Å². The fourth-order valence-electron chi connectivity index (χ4n) is 1.21. The van der Waals surface area contributed by atoms with Crippen molar-refractivity contribution in [2.75, 3.05) is 24.4 Å². The molecule has 0 heterocycles. The quantitative estimate of drug-likeness (QED) is 0.609. The molecule has 0 aromatic heterocycles. The Labute approximate surface area is 103 Å². The highest BCUT2D eigenvalue weighted by molar-refractivity contribution is 6.29. The lowest BCUT2D eigenvalue weighted by Crippen LogP contribution is -2.37. The molecule has 0 radical (unpaired) electrons. The maximum atomic E-state index is 12.7. The molecule has 1 aromatic carbocycles. The summed E-state index contributed by atoms with van der Waals surface area (Å²) in [5, 5.41) is 0. The van der Waals surface area contributed by atoms with Gasteiger partial charge >= 0.3 is 5.97 Å². The molecule has 92 valence electrons. The van der Waals surface area contributed by atoms with Crippen LogP contribution in [0.5, 0.6) is 0 Å². The Morgan fingerprint density at radius 2 is 1.94 bits per heavy atom. The summed E-state index contributed by atoms with van der Waals surface area (Å²) in [5.41, 5.74) is 0.391. The van der Waals surface area contributed by atoms with Crippen LogP contribution in [0.25, 0.3) is 0 Å². The van der Waals surface area contributed by atoms with Gasteiger partial charge in [-0.15, -0.1) is 11.6 Å². The van der Waals surface area contributed by atoms with Crippen LogP contribution in [0, 0.1) is 5.82 Å². The molecule has 6 heteroatoms. The summed E-state index contributed by atoms with van der Waals surface area (Å²) in [7, 11) is 1.22. The number of benzene rings is 1. The zero-order valence-corrected chi connectivity index (χ0v) is 9.91. The molecule has 0 spiro atoms. The summed E-state index contributed by atoms with van der Waals surface area (Å²) in [6, 6.07) is 5.17. The van der Waals surface area contributed by atoms with Crippen molar-refractivity contribution in [2.45, 2.75) is 0 Å². The van der Waals surface area contributed by atoms with Gasteiger partial charge in [0, 0.05) is 5.69 Å². The van der Waals surface area contributed by atoms with Crippen LogP contribution in [-0.4, -0.2) is 31.4 Å². The van der Waals surface area contributed by atoms with E-state index in [9.17, 15) is 14.0 Å². The van der Waals surface area contributed by atoms with Gasteiger partial charge in [-0.3, -0.25) is 9.59 Å². The van der Waals surface area contributed by atoms with Gasteiger partial charge in [0.1, 0.15) is 18.2 Å². The Bertz CT molecular complexity index is 408. The Morgan fingerprint density at radius 3 is 2.41 bits per heavy atom. The predicted octanol–water partition coefficient (Wildman–Crippen LogP) is 1.57. The van der Waals surface area contributed by atoms with E-state index < -0.39 is 17.7 Å². The van der Waals surface area contributed by atoms with Crippen molar-refractivity contribution >= 4 is 29.2 Å². The van der Waals surface area contributed by atoms with Crippen LogP contribution in [0.4, 0.5) is 10.1 Å². The van der Waals surface area contributed by atoms with Crippen LogP contribution in [-0.2, 0) is 14.3 Å². The van der Waals surface area contributed by atoms with Gasteiger partial charge in [0.05, 0.1) is 7.11 Å². The minimum atomic E-state index is -0.576. The van der Waals surface area contributed by atoms with Crippen molar-refractivity contribution in [1.82, 2.24) is 0 Å². The van der Waals surface area contributed by atoms with Crippen molar-refractivity contribution in [3.63, 3.8) is 0 Å². The number of halogens is 2. The second kappa shape index (κ2) is 6.20. The van der Waals surface area contributed by atoms with Crippen LogP contribution in [0.15, 0.2) is 24.3 Å². The fourth-order valence-corrected chi connectivity index (χ4v) is 1.35. The SMILES string of the molecule is COC(=O)CN(C(=O)CCl)c1ccc(F)cc1. The van der Waals surface area contributed by atoms with Gasteiger partial charge in [-0.2, -0.15) is 0 Å². The first-order chi connectivity index (χ1) is 8.08. The Balaban J connectivity index is 2.93. The zero-order valence-electron chi connectivity index (χ0n) is 9.15. The molecule has 0 fully saturated rings.